The lowest BCUT2D eigenvalue weighted by atomic mass is 10.2. The van der Waals surface area contributed by atoms with Gasteiger partial charge in [-0.1, -0.05) is 31.3 Å². The van der Waals surface area contributed by atoms with Crippen LogP contribution in [0, 0.1) is 10.5 Å². The Morgan fingerprint density at radius 3 is 2.95 bits per heavy atom. The number of furan rings is 1. The van der Waals surface area contributed by atoms with Crippen LogP contribution < -0.4 is 0 Å². The maximum absolute atomic E-state index is 13.6. The fourth-order valence-electron chi connectivity index (χ4n) is 1.97. The minimum absolute atomic E-state index is 0.256. The van der Waals surface area contributed by atoms with Crippen LogP contribution in [-0.2, 0) is 6.42 Å². The Bertz CT molecular complexity index is 807. The lowest BCUT2D eigenvalue weighted by molar-refractivity contribution is 0.567. The van der Waals surface area contributed by atoms with Crippen LogP contribution in [0.5, 0.6) is 0 Å². The monoisotopic (exact) mass is 274 g/mol. The zero-order valence-corrected chi connectivity index (χ0v) is 11.1. The molecule has 0 spiro atoms. The number of aromatic nitrogens is 2. The number of halogens is 1. The number of para-hydroxylation sites is 1. The van der Waals surface area contributed by atoms with Crippen molar-refractivity contribution in [3.63, 3.8) is 0 Å². The van der Waals surface area contributed by atoms with Gasteiger partial charge in [-0.3, -0.25) is 0 Å². The van der Waals surface area contributed by atoms with Gasteiger partial charge >= 0.3 is 0 Å². The van der Waals surface area contributed by atoms with Crippen molar-refractivity contribution in [1.82, 2.24) is 9.97 Å². The summed E-state index contributed by atoms with van der Waals surface area (Å²) in [4.78, 5) is 7.33. The van der Waals surface area contributed by atoms with Gasteiger partial charge in [-0.2, -0.15) is 0 Å². The van der Waals surface area contributed by atoms with E-state index in [1.165, 1.54) is 6.07 Å². The second-order valence-electron chi connectivity index (χ2n) is 4.20. The molecule has 0 radical (unpaired) electrons. The Morgan fingerprint density at radius 1 is 1.37 bits per heavy atom. The lowest BCUT2D eigenvalue weighted by Gasteiger charge is -2.01. The van der Waals surface area contributed by atoms with Gasteiger partial charge < -0.3 is 9.40 Å². The normalized spacial score (nSPS) is 11.1. The number of hydrogen-bond acceptors (Lipinski definition) is 3. The first kappa shape index (κ1) is 12.0. The van der Waals surface area contributed by atoms with Gasteiger partial charge in [-0.15, -0.1) is 0 Å². The van der Waals surface area contributed by atoms with Gasteiger partial charge in [0.2, 0.25) is 0 Å². The number of aryl methyl sites for hydroxylation is 1. The zero-order valence-electron chi connectivity index (χ0n) is 10.2. The molecule has 96 valence electrons. The molecule has 3 rings (SSSR count). The quantitative estimate of drug-likeness (QED) is 0.710. The van der Waals surface area contributed by atoms with Crippen molar-refractivity contribution in [2.75, 3.05) is 0 Å². The Morgan fingerprint density at radius 2 is 2.21 bits per heavy atom. The van der Waals surface area contributed by atoms with Gasteiger partial charge in [0.15, 0.2) is 17.2 Å². The van der Waals surface area contributed by atoms with Crippen LogP contribution in [0.4, 0.5) is 4.39 Å². The first-order valence-corrected chi connectivity index (χ1v) is 6.37. The third kappa shape index (κ3) is 2.17. The Balaban J connectivity index is 2.21. The molecule has 0 unspecified atom stereocenters. The van der Waals surface area contributed by atoms with Gasteiger partial charge in [0.25, 0.3) is 0 Å². The largest absolute Gasteiger partial charge is 0.451 e. The van der Waals surface area contributed by atoms with E-state index in [1.807, 2.05) is 13.0 Å². The summed E-state index contributed by atoms with van der Waals surface area (Å²) in [6.07, 6.45) is 0.742. The highest BCUT2D eigenvalue weighted by Gasteiger charge is 2.10. The van der Waals surface area contributed by atoms with Crippen molar-refractivity contribution in [2.45, 2.75) is 13.3 Å². The van der Waals surface area contributed by atoms with Gasteiger partial charge in [0.05, 0.1) is 5.69 Å². The fourth-order valence-corrected chi connectivity index (χ4v) is 2.20. The molecule has 0 saturated heterocycles. The van der Waals surface area contributed by atoms with Crippen LogP contribution in [0.3, 0.4) is 0 Å². The number of benzene rings is 1. The van der Waals surface area contributed by atoms with E-state index >= 15 is 0 Å². The Kier molecular flexibility index (Phi) is 2.91. The van der Waals surface area contributed by atoms with E-state index in [1.54, 1.807) is 18.2 Å². The standard InChI is InChI=1S/C14H11FN2OS/c1-2-12-16-10(7-13(19)17-12)11-6-8-4-3-5-9(15)14(8)18-11/h3-7H,2H2,1H3,(H,16,17,19). The molecule has 0 aliphatic carbocycles. The number of H-pyrrole nitrogens is 1. The molecule has 0 saturated carbocycles. The third-order valence-electron chi connectivity index (χ3n) is 2.89. The summed E-state index contributed by atoms with van der Waals surface area (Å²) in [7, 11) is 0. The van der Waals surface area contributed by atoms with Crippen LogP contribution in [0.1, 0.15) is 12.7 Å². The number of nitrogens with one attached hydrogen (secondary N) is 1. The number of fused-ring (bicyclic) bond motifs is 1. The van der Waals surface area contributed by atoms with Crippen LogP contribution in [0.2, 0.25) is 0 Å². The van der Waals surface area contributed by atoms with Crippen molar-refractivity contribution >= 4 is 23.2 Å². The van der Waals surface area contributed by atoms with Crippen molar-refractivity contribution < 1.29 is 8.81 Å². The zero-order chi connectivity index (χ0) is 13.4. The molecule has 1 aromatic carbocycles. The van der Waals surface area contributed by atoms with Gasteiger partial charge in [-0.05, 0) is 12.1 Å². The second kappa shape index (κ2) is 4.59. The highest BCUT2D eigenvalue weighted by Crippen LogP contribution is 2.28. The molecule has 0 aliphatic heterocycles. The molecule has 0 bridgehead atoms. The van der Waals surface area contributed by atoms with E-state index in [4.69, 9.17) is 16.6 Å². The van der Waals surface area contributed by atoms with Crippen molar-refractivity contribution in [3.8, 4) is 11.5 Å². The number of hydrogen-bond donors (Lipinski definition) is 1. The van der Waals surface area contributed by atoms with E-state index < -0.39 is 0 Å². The fraction of sp³-hybridized carbons (Fsp3) is 0.143. The molecule has 19 heavy (non-hydrogen) atoms. The van der Waals surface area contributed by atoms with E-state index in [9.17, 15) is 4.39 Å². The summed E-state index contributed by atoms with van der Waals surface area (Å²) >= 11 is 5.11. The van der Waals surface area contributed by atoms with Crippen molar-refractivity contribution in [2.24, 2.45) is 0 Å². The molecule has 2 aromatic heterocycles. The molecule has 0 atom stereocenters. The first-order valence-electron chi connectivity index (χ1n) is 5.96. The van der Waals surface area contributed by atoms with Crippen LogP contribution in [0.25, 0.3) is 22.4 Å². The van der Waals surface area contributed by atoms with E-state index in [-0.39, 0.29) is 11.4 Å². The summed E-state index contributed by atoms with van der Waals surface area (Å²) in [6.45, 7) is 1.98. The highest BCUT2D eigenvalue weighted by molar-refractivity contribution is 7.71. The van der Waals surface area contributed by atoms with Gasteiger partial charge in [-0.25, -0.2) is 9.37 Å². The molecular weight excluding hydrogens is 263 g/mol. The summed E-state index contributed by atoms with van der Waals surface area (Å²) < 4.78 is 19.7. The number of aromatic amines is 1. The minimum Gasteiger partial charge on any atom is -0.451 e. The molecule has 5 heteroatoms. The van der Waals surface area contributed by atoms with E-state index in [0.29, 0.717) is 16.1 Å². The van der Waals surface area contributed by atoms with Crippen molar-refractivity contribution in [3.05, 3.63) is 46.6 Å². The van der Waals surface area contributed by atoms with Gasteiger partial charge in [0, 0.05) is 17.9 Å². The molecule has 0 amide bonds. The third-order valence-corrected chi connectivity index (χ3v) is 3.10. The summed E-state index contributed by atoms with van der Waals surface area (Å²) in [6, 6.07) is 8.34. The maximum Gasteiger partial charge on any atom is 0.170 e. The molecular formula is C14H11FN2OS. The minimum atomic E-state index is -0.368. The van der Waals surface area contributed by atoms with Crippen LogP contribution >= 0.6 is 12.2 Å². The summed E-state index contributed by atoms with van der Waals surface area (Å²) in [5.74, 6) is 0.971. The molecule has 3 aromatic rings. The van der Waals surface area contributed by atoms with Crippen LogP contribution in [0.15, 0.2) is 34.7 Å². The van der Waals surface area contributed by atoms with Gasteiger partial charge in [0.1, 0.15) is 10.5 Å². The number of nitrogens with zero attached hydrogens (tertiary/aromatic N) is 1. The first-order chi connectivity index (χ1) is 9.17. The average molecular weight is 274 g/mol. The molecule has 0 aliphatic rings. The molecule has 3 nitrogen and oxygen atoms in total. The topological polar surface area (TPSA) is 41.8 Å². The smallest absolute Gasteiger partial charge is 0.170 e. The van der Waals surface area contributed by atoms with Crippen molar-refractivity contribution in [1.29, 1.82) is 0 Å². The van der Waals surface area contributed by atoms with E-state index in [2.05, 4.69) is 9.97 Å². The highest BCUT2D eigenvalue weighted by atomic mass is 32.1. The predicted molar refractivity (Wildman–Crippen MR) is 74.0 cm³/mol. The second-order valence-corrected chi connectivity index (χ2v) is 4.62. The maximum atomic E-state index is 13.6. The average Bonchev–Trinajstić information content (AvgIpc) is 2.83. The number of rotatable bonds is 2. The Labute approximate surface area is 114 Å². The lowest BCUT2D eigenvalue weighted by Crippen LogP contribution is -1.94. The predicted octanol–water partition coefficient (Wildman–Crippen LogP) is 4.25. The molecule has 1 N–H and O–H groups in total. The SMILES string of the molecule is CCc1nc(=S)cc(-c2cc3cccc(F)c3o2)[nH]1. The Hall–Kier alpha value is -2.01. The molecule has 0 fully saturated rings. The van der Waals surface area contributed by atoms with E-state index in [0.717, 1.165) is 17.6 Å². The molecule has 2 heterocycles. The summed E-state index contributed by atoms with van der Waals surface area (Å²) in [5, 5.41) is 0.726. The van der Waals surface area contributed by atoms with Crippen LogP contribution in [-0.4, -0.2) is 9.97 Å². The summed E-state index contributed by atoms with van der Waals surface area (Å²) in [5.41, 5.74) is 0.971.